The number of carbonyl (C=O) groups excluding carboxylic acids is 1. The van der Waals surface area contributed by atoms with Gasteiger partial charge < -0.3 is 5.32 Å². The Hall–Kier alpha value is -1.65. The SMILES string of the molecule is CCCn1ncc(Cl)c1C(=O)C1CNCc2ccccc21. The Kier molecular flexibility index (Phi) is 4.08. The van der Waals surface area contributed by atoms with Gasteiger partial charge in [-0.15, -0.1) is 0 Å². The van der Waals surface area contributed by atoms with Crippen LogP contribution in [0.3, 0.4) is 0 Å². The molecule has 2 aromatic rings. The first-order chi connectivity index (χ1) is 10.2. The fourth-order valence-electron chi connectivity index (χ4n) is 2.88. The molecule has 0 radical (unpaired) electrons. The smallest absolute Gasteiger partial charge is 0.191 e. The van der Waals surface area contributed by atoms with Crippen molar-refractivity contribution in [2.45, 2.75) is 32.4 Å². The number of ketones is 1. The number of aryl methyl sites for hydroxylation is 1. The van der Waals surface area contributed by atoms with Crippen molar-refractivity contribution in [2.24, 2.45) is 0 Å². The molecule has 21 heavy (non-hydrogen) atoms. The predicted molar refractivity (Wildman–Crippen MR) is 82.7 cm³/mol. The highest BCUT2D eigenvalue weighted by Crippen LogP contribution is 2.29. The molecule has 0 saturated heterocycles. The van der Waals surface area contributed by atoms with Crippen molar-refractivity contribution in [1.82, 2.24) is 15.1 Å². The van der Waals surface area contributed by atoms with Gasteiger partial charge in [0.15, 0.2) is 5.78 Å². The average molecular weight is 304 g/mol. The Morgan fingerprint density at radius 2 is 2.29 bits per heavy atom. The van der Waals surface area contributed by atoms with Crippen LogP contribution in [0, 0.1) is 0 Å². The Morgan fingerprint density at radius 3 is 3.10 bits per heavy atom. The Bertz CT molecular complexity index is 665. The number of aromatic nitrogens is 2. The third-order valence-corrected chi connectivity index (χ3v) is 4.15. The molecule has 1 N–H and O–H groups in total. The van der Waals surface area contributed by atoms with Crippen molar-refractivity contribution in [2.75, 3.05) is 6.54 Å². The number of rotatable bonds is 4. The molecule has 1 aromatic heterocycles. The maximum absolute atomic E-state index is 13.0. The second-order valence-electron chi connectivity index (χ2n) is 5.31. The summed E-state index contributed by atoms with van der Waals surface area (Å²) in [6.07, 6.45) is 2.48. The first-order valence-electron chi connectivity index (χ1n) is 7.26. The van der Waals surface area contributed by atoms with E-state index in [0.29, 0.717) is 23.8 Å². The molecule has 1 atom stereocenters. The third-order valence-electron chi connectivity index (χ3n) is 3.87. The van der Waals surface area contributed by atoms with Crippen LogP contribution in [0.25, 0.3) is 0 Å². The average Bonchev–Trinajstić information content (AvgIpc) is 2.87. The summed E-state index contributed by atoms with van der Waals surface area (Å²) in [6.45, 7) is 4.21. The van der Waals surface area contributed by atoms with Gasteiger partial charge >= 0.3 is 0 Å². The quantitative estimate of drug-likeness (QED) is 0.883. The number of hydrogen-bond acceptors (Lipinski definition) is 3. The molecule has 0 saturated carbocycles. The molecule has 3 rings (SSSR count). The molecule has 5 heteroatoms. The lowest BCUT2D eigenvalue weighted by atomic mass is 9.86. The second-order valence-corrected chi connectivity index (χ2v) is 5.72. The molecule has 0 amide bonds. The predicted octanol–water partition coefficient (Wildman–Crippen LogP) is 3.02. The van der Waals surface area contributed by atoms with Gasteiger partial charge in [0, 0.05) is 19.6 Å². The molecular formula is C16H18ClN3O. The molecular weight excluding hydrogens is 286 g/mol. The highest BCUT2D eigenvalue weighted by molar-refractivity contribution is 6.33. The summed E-state index contributed by atoms with van der Waals surface area (Å²) in [5, 5.41) is 7.97. The van der Waals surface area contributed by atoms with E-state index in [2.05, 4.69) is 23.4 Å². The van der Waals surface area contributed by atoms with E-state index in [1.54, 1.807) is 10.9 Å². The summed E-state index contributed by atoms with van der Waals surface area (Å²) in [6, 6.07) is 8.08. The summed E-state index contributed by atoms with van der Waals surface area (Å²) < 4.78 is 1.72. The van der Waals surface area contributed by atoms with Gasteiger partial charge in [-0.2, -0.15) is 5.10 Å². The van der Waals surface area contributed by atoms with Crippen molar-refractivity contribution in [3.8, 4) is 0 Å². The van der Waals surface area contributed by atoms with Crippen molar-refractivity contribution in [1.29, 1.82) is 0 Å². The minimum absolute atomic E-state index is 0.0469. The molecule has 0 aliphatic carbocycles. The molecule has 110 valence electrons. The number of Topliss-reactive ketones (excluding diaryl/α,β-unsaturated/α-hetero) is 1. The van der Waals surface area contributed by atoms with E-state index in [9.17, 15) is 4.79 Å². The van der Waals surface area contributed by atoms with Crippen LogP contribution in [0.5, 0.6) is 0 Å². The number of benzene rings is 1. The fourth-order valence-corrected chi connectivity index (χ4v) is 3.12. The standard InChI is InChI=1S/C16H18ClN3O/c1-2-7-20-15(14(17)10-19-20)16(21)13-9-18-8-11-5-3-4-6-12(11)13/h3-6,10,13,18H,2,7-9H2,1H3. The lowest BCUT2D eigenvalue weighted by Gasteiger charge is -2.25. The van der Waals surface area contributed by atoms with E-state index in [-0.39, 0.29) is 11.7 Å². The molecule has 0 spiro atoms. The van der Waals surface area contributed by atoms with Gasteiger partial charge in [-0.25, -0.2) is 0 Å². The van der Waals surface area contributed by atoms with E-state index >= 15 is 0 Å². The van der Waals surface area contributed by atoms with Gasteiger partial charge in [0.05, 0.1) is 17.1 Å². The van der Waals surface area contributed by atoms with Crippen LogP contribution in [0.1, 0.15) is 40.9 Å². The van der Waals surface area contributed by atoms with Crippen LogP contribution >= 0.6 is 11.6 Å². The second kappa shape index (κ2) is 6.00. The third kappa shape index (κ3) is 2.61. The molecule has 1 aliphatic rings. The lowest BCUT2D eigenvalue weighted by Crippen LogP contribution is -2.33. The zero-order chi connectivity index (χ0) is 14.8. The Balaban J connectivity index is 1.99. The van der Waals surface area contributed by atoms with Crippen molar-refractivity contribution in [3.63, 3.8) is 0 Å². The van der Waals surface area contributed by atoms with E-state index in [1.807, 2.05) is 18.2 Å². The lowest BCUT2D eigenvalue weighted by molar-refractivity contribution is 0.0944. The normalized spacial score (nSPS) is 17.5. The van der Waals surface area contributed by atoms with E-state index in [4.69, 9.17) is 11.6 Å². The first-order valence-corrected chi connectivity index (χ1v) is 7.64. The zero-order valence-electron chi connectivity index (χ0n) is 12.0. The van der Waals surface area contributed by atoms with Crippen LogP contribution in [0.2, 0.25) is 5.02 Å². The highest BCUT2D eigenvalue weighted by atomic mass is 35.5. The molecule has 4 nitrogen and oxygen atoms in total. The number of nitrogens with zero attached hydrogens (tertiary/aromatic N) is 2. The number of hydrogen-bond donors (Lipinski definition) is 1. The largest absolute Gasteiger partial charge is 0.312 e. The minimum Gasteiger partial charge on any atom is -0.312 e. The van der Waals surface area contributed by atoms with Crippen molar-refractivity contribution < 1.29 is 4.79 Å². The van der Waals surface area contributed by atoms with Crippen molar-refractivity contribution >= 4 is 17.4 Å². The molecule has 2 heterocycles. The van der Waals surface area contributed by atoms with Gasteiger partial charge in [-0.3, -0.25) is 9.48 Å². The maximum Gasteiger partial charge on any atom is 0.191 e. The zero-order valence-corrected chi connectivity index (χ0v) is 12.7. The van der Waals surface area contributed by atoms with E-state index < -0.39 is 0 Å². The topological polar surface area (TPSA) is 46.9 Å². The van der Waals surface area contributed by atoms with E-state index in [0.717, 1.165) is 18.5 Å². The summed E-state index contributed by atoms with van der Waals surface area (Å²) in [5.41, 5.74) is 2.81. The van der Waals surface area contributed by atoms with Crippen molar-refractivity contribution in [3.05, 3.63) is 52.3 Å². The van der Waals surface area contributed by atoms with Crippen LogP contribution in [-0.2, 0) is 13.1 Å². The first kappa shape index (κ1) is 14.3. The Labute approximate surface area is 129 Å². The maximum atomic E-state index is 13.0. The van der Waals surface area contributed by atoms with Gasteiger partial charge in [0.1, 0.15) is 5.69 Å². The number of fused-ring (bicyclic) bond motifs is 1. The number of nitrogens with one attached hydrogen (secondary N) is 1. The number of halogens is 1. The van der Waals surface area contributed by atoms with Gasteiger partial charge in [0.25, 0.3) is 0 Å². The molecule has 1 aromatic carbocycles. The molecule has 0 fully saturated rings. The van der Waals surface area contributed by atoms with Crippen LogP contribution < -0.4 is 5.32 Å². The van der Waals surface area contributed by atoms with Crippen LogP contribution in [-0.4, -0.2) is 22.1 Å². The van der Waals surface area contributed by atoms with Gasteiger partial charge in [0.2, 0.25) is 0 Å². The Morgan fingerprint density at radius 1 is 1.48 bits per heavy atom. The fraction of sp³-hybridized carbons (Fsp3) is 0.375. The molecule has 0 bridgehead atoms. The minimum atomic E-state index is -0.195. The highest BCUT2D eigenvalue weighted by Gasteiger charge is 2.30. The molecule has 1 unspecified atom stereocenters. The summed E-state index contributed by atoms with van der Waals surface area (Å²) in [7, 11) is 0. The summed E-state index contributed by atoms with van der Waals surface area (Å²) in [4.78, 5) is 13.0. The monoisotopic (exact) mass is 303 g/mol. The number of carbonyl (C=O) groups is 1. The molecule has 1 aliphatic heterocycles. The van der Waals surface area contributed by atoms with Gasteiger partial charge in [-0.05, 0) is 17.5 Å². The summed E-state index contributed by atoms with van der Waals surface area (Å²) in [5.74, 6) is -0.148. The van der Waals surface area contributed by atoms with Gasteiger partial charge in [-0.1, -0.05) is 42.8 Å². The van der Waals surface area contributed by atoms with Crippen LogP contribution in [0.4, 0.5) is 0 Å². The summed E-state index contributed by atoms with van der Waals surface area (Å²) >= 11 is 6.20. The van der Waals surface area contributed by atoms with Crippen LogP contribution in [0.15, 0.2) is 30.5 Å². The van der Waals surface area contributed by atoms with E-state index in [1.165, 1.54) is 5.56 Å².